The van der Waals surface area contributed by atoms with Gasteiger partial charge in [-0.05, 0) is 36.3 Å². The normalized spacial score (nSPS) is 11.4. The van der Waals surface area contributed by atoms with Crippen LogP contribution >= 0.6 is 0 Å². The molecule has 0 nitrogen and oxygen atoms in total. The summed E-state index contributed by atoms with van der Waals surface area (Å²) in [5, 5.41) is 3.11. The van der Waals surface area contributed by atoms with Gasteiger partial charge in [-0.1, -0.05) is 71.1 Å². The largest absolute Gasteiger partial charge is 0.103 e. The van der Waals surface area contributed by atoms with Gasteiger partial charge in [-0.2, -0.15) is 0 Å². The summed E-state index contributed by atoms with van der Waals surface area (Å²) in [6, 6.07) is 15.3. The van der Waals surface area contributed by atoms with Crippen LogP contribution < -0.4 is 10.4 Å². The fourth-order valence-electron chi connectivity index (χ4n) is 4.23. The first-order valence-electron chi connectivity index (χ1n) is 9.35. The van der Waals surface area contributed by atoms with Crippen LogP contribution in [0.1, 0.15) is 0 Å². The zero-order valence-electron chi connectivity index (χ0n) is 16.3. The molecule has 0 unspecified atom stereocenters. The SMILES string of the molecule is C=CC[Si](CC=C)(CC=C)c1ccccc1[Si](CC=C)(CC=C)CC=C. The monoisotopic (exact) mass is 378 g/mol. The number of benzene rings is 1. The summed E-state index contributed by atoms with van der Waals surface area (Å²) >= 11 is 0. The van der Waals surface area contributed by atoms with Crippen molar-refractivity contribution in [2.75, 3.05) is 0 Å². The van der Waals surface area contributed by atoms with E-state index < -0.39 is 16.1 Å². The molecule has 1 rings (SSSR count). The van der Waals surface area contributed by atoms with Crippen molar-refractivity contribution in [2.24, 2.45) is 0 Å². The van der Waals surface area contributed by atoms with Crippen molar-refractivity contribution in [3.8, 4) is 0 Å². The first kappa shape index (κ1) is 22.1. The molecule has 2 heteroatoms. The van der Waals surface area contributed by atoms with Crippen molar-refractivity contribution in [1.29, 1.82) is 0 Å². The van der Waals surface area contributed by atoms with Crippen LogP contribution in [0, 0.1) is 0 Å². The van der Waals surface area contributed by atoms with E-state index in [4.69, 9.17) is 0 Å². The zero-order chi connectivity index (χ0) is 19.5. The summed E-state index contributed by atoms with van der Waals surface area (Å²) in [4.78, 5) is 0. The van der Waals surface area contributed by atoms with Gasteiger partial charge in [0, 0.05) is 0 Å². The van der Waals surface area contributed by atoms with E-state index >= 15 is 0 Å². The molecule has 0 spiro atoms. The van der Waals surface area contributed by atoms with Crippen molar-refractivity contribution in [1.82, 2.24) is 0 Å². The first-order chi connectivity index (χ1) is 12.6. The van der Waals surface area contributed by atoms with Gasteiger partial charge in [0.2, 0.25) is 0 Å². The Balaban J connectivity index is 3.76. The Morgan fingerprint density at radius 3 is 0.923 bits per heavy atom. The number of hydrogen-bond donors (Lipinski definition) is 0. The maximum absolute atomic E-state index is 4.07. The second kappa shape index (κ2) is 10.9. The molecule has 1 aromatic rings. The van der Waals surface area contributed by atoms with Crippen LogP contribution in [0.3, 0.4) is 0 Å². The second-order valence-corrected chi connectivity index (χ2v) is 15.7. The lowest BCUT2D eigenvalue weighted by atomic mass is 10.4. The van der Waals surface area contributed by atoms with Gasteiger partial charge in [0.05, 0.1) is 16.1 Å². The van der Waals surface area contributed by atoms with Crippen LogP contribution in [0.15, 0.2) is 100 Å². The van der Waals surface area contributed by atoms with E-state index in [1.807, 2.05) is 0 Å². The smallest absolute Gasteiger partial charge is 0.0975 e. The van der Waals surface area contributed by atoms with Crippen molar-refractivity contribution >= 4 is 26.5 Å². The van der Waals surface area contributed by atoms with Gasteiger partial charge in [0.15, 0.2) is 0 Å². The second-order valence-electron chi connectivity index (χ2n) is 7.06. The standard InChI is InChI=1S/C24H34Si2/c1-7-17-25(18-8-2,19-9-3)23-15-13-14-16-24(23)26(20-10-4,21-11-5)22-12-6/h7-16H,1-6,17-22H2. The van der Waals surface area contributed by atoms with Crippen molar-refractivity contribution in [2.45, 2.75) is 36.3 Å². The molecule has 0 aliphatic rings. The van der Waals surface area contributed by atoms with E-state index in [0.717, 1.165) is 36.3 Å². The van der Waals surface area contributed by atoms with Crippen LogP contribution in [-0.4, -0.2) is 16.1 Å². The topological polar surface area (TPSA) is 0 Å². The van der Waals surface area contributed by atoms with Gasteiger partial charge in [0.1, 0.15) is 0 Å². The summed E-state index contributed by atoms with van der Waals surface area (Å²) in [5.74, 6) is 0. The minimum absolute atomic E-state index is 1.04. The molecule has 0 heterocycles. The highest BCUT2D eigenvalue weighted by Gasteiger charge is 2.40. The Morgan fingerprint density at radius 2 is 0.731 bits per heavy atom. The average Bonchev–Trinajstić information content (AvgIpc) is 2.63. The Morgan fingerprint density at radius 1 is 0.500 bits per heavy atom. The van der Waals surface area contributed by atoms with Gasteiger partial charge < -0.3 is 0 Å². The zero-order valence-corrected chi connectivity index (χ0v) is 18.3. The summed E-state index contributed by atoms with van der Waals surface area (Å²) in [6.07, 6.45) is 12.5. The van der Waals surface area contributed by atoms with Gasteiger partial charge in [-0.3, -0.25) is 0 Å². The van der Waals surface area contributed by atoms with Crippen LogP contribution in [0.4, 0.5) is 0 Å². The van der Waals surface area contributed by atoms with Crippen LogP contribution in [0.2, 0.25) is 36.3 Å². The highest BCUT2D eigenvalue weighted by molar-refractivity contribution is 7.02. The van der Waals surface area contributed by atoms with Gasteiger partial charge in [0.25, 0.3) is 0 Å². The molecule has 0 amide bonds. The van der Waals surface area contributed by atoms with Crippen molar-refractivity contribution in [3.63, 3.8) is 0 Å². The molecule has 0 N–H and O–H groups in total. The molecular weight excluding hydrogens is 344 g/mol. The molecular formula is C24H34Si2. The Bertz CT molecular complexity index is 544. The summed E-state index contributed by atoms with van der Waals surface area (Å²) in [5.41, 5.74) is 0. The Hall–Kier alpha value is -1.91. The predicted octanol–water partition coefficient (Wildman–Crippen LogP) is 6.11. The first-order valence-corrected chi connectivity index (χ1v) is 14.6. The molecule has 0 aliphatic carbocycles. The Labute approximate surface area is 163 Å². The maximum Gasteiger partial charge on any atom is 0.0975 e. The van der Waals surface area contributed by atoms with Gasteiger partial charge >= 0.3 is 0 Å². The molecule has 0 fully saturated rings. The van der Waals surface area contributed by atoms with Crippen LogP contribution in [-0.2, 0) is 0 Å². The fraction of sp³-hybridized carbons (Fsp3) is 0.250. The lowest BCUT2D eigenvalue weighted by Gasteiger charge is -2.38. The quantitative estimate of drug-likeness (QED) is 0.270. The van der Waals surface area contributed by atoms with Crippen molar-refractivity contribution in [3.05, 3.63) is 100 Å². The molecule has 138 valence electrons. The van der Waals surface area contributed by atoms with E-state index in [0.29, 0.717) is 0 Å². The van der Waals surface area contributed by atoms with E-state index in [1.54, 1.807) is 10.4 Å². The molecule has 0 bridgehead atoms. The number of hydrogen-bond acceptors (Lipinski definition) is 0. The van der Waals surface area contributed by atoms with Crippen LogP contribution in [0.5, 0.6) is 0 Å². The average molecular weight is 379 g/mol. The third-order valence-corrected chi connectivity index (χ3v) is 15.1. The molecule has 0 aromatic heterocycles. The Kier molecular flexibility index (Phi) is 9.32. The van der Waals surface area contributed by atoms with Gasteiger partial charge in [-0.15, -0.1) is 39.5 Å². The van der Waals surface area contributed by atoms with Crippen LogP contribution in [0.25, 0.3) is 0 Å². The molecule has 0 saturated heterocycles. The molecule has 0 aliphatic heterocycles. The van der Waals surface area contributed by atoms with Crippen molar-refractivity contribution < 1.29 is 0 Å². The maximum atomic E-state index is 4.07. The summed E-state index contributed by atoms with van der Waals surface area (Å²) in [7, 11) is -3.67. The third kappa shape index (κ3) is 4.83. The predicted molar refractivity (Wildman–Crippen MR) is 127 cm³/mol. The molecule has 0 radical (unpaired) electrons. The molecule has 0 atom stereocenters. The third-order valence-electron chi connectivity index (χ3n) is 5.28. The summed E-state index contributed by atoms with van der Waals surface area (Å²) in [6.45, 7) is 24.4. The lowest BCUT2D eigenvalue weighted by Crippen LogP contribution is -2.62. The number of allylic oxidation sites excluding steroid dienone is 6. The van der Waals surface area contributed by atoms with E-state index in [-0.39, 0.29) is 0 Å². The minimum atomic E-state index is -1.84. The van der Waals surface area contributed by atoms with E-state index in [2.05, 4.69) is 100 Å². The highest BCUT2D eigenvalue weighted by atomic mass is 28.3. The molecule has 1 aromatic carbocycles. The lowest BCUT2D eigenvalue weighted by molar-refractivity contribution is 1.36. The van der Waals surface area contributed by atoms with E-state index in [1.165, 1.54) is 0 Å². The molecule has 0 saturated carbocycles. The summed E-state index contributed by atoms with van der Waals surface area (Å²) < 4.78 is 0. The highest BCUT2D eigenvalue weighted by Crippen LogP contribution is 2.27. The molecule has 26 heavy (non-hydrogen) atoms. The van der Waals surface area contributed by atoms with E-state index in [9.17, 15) is 0 Å². The fourth-order valence-corrected chi connectivity index (χ4v) is 13.7. The minimum Gasteiger partial charge on any atom is -0.103 e. The van der Waals surface area contributed by atoms with Gasteiger partial charge in [-0.25, -0.2) is 0 Å². The number of rotatable bonds is 14.